The van der Waals surface area contributed by atoms with Crippen LogP contribution in [0.25, 0.3) is 0 Å². The fourth-order valence-electron chi connectivity index (χ4n) is 4.35. The molecule has 0 saturated carbocycles. The molecule has 2 aromatic rings. The molecule has 2 unspecified atom stereocenters. The molecule has 9 heteroatoms. The van der Waals surface area contributed by atoms with E-state index in [1.807, 2.05) is 31.2 Å². The summed E-state index contributed by atoms with van der Waals surface area (Å²) in [7, 11) is 0. The van der Waals surface area contributed by atoms with Gasteiger partial charge in [0.2, 0.25) is 0 Å². The van der Waals surface area contributed by atoms with E-state index in [4.69, 9.17) is 28.6 Å². The maximum Gasteiger partial charge on any atom is 0.446 e. The number of benzene rings is 2. The molecule has 0 radical (unpaired) electrons. The van der Waals surface area contributed by atoms with Crippen LogP contribution in [0.4, 0.5) is 18.9 Å². The smallest absolute Gasteiger partial charge is 0.297 e. The lowest BCUT2D eigenvalue weighted by Crippen LogP contribution is -2.24. The van der Waals surface area contributed by atoms with E-state index >= 15 is 0 Å². The normalized spacial score (nSPS) is 20.1. The molecule has 0 amide bonds. The summed E-state index contributed by atoms with van der Waals surface area (Å²) in [5.41, 5.74) is -1.49. The average Bonchev–Trinajstić information content (AvgIpc) is 2.83. The van der Waals surface area contributed by atoms with Crippen molar-refractivity contribution in [2.24, 2.45) is 10.9 Å². The Morgan fingerprint density at radius 3 is 2.62 bits per heavy atom. The van der Waals surface area contributed by atoms with Crippen LogP contribution in [0.1, 0.15) is 51.0 Å². The van der Waals surface area contributed by atoms with Crippen molar-refractivity contribution in [2.75, 3.05) is 0 Å². The maximum atomic E-state index is 13.0. The van der Waals surface area contributed by atoms with Crippen LogP contribution in [0.15, 0.2) is 75.7 Å². The quantitative estimate of drug-likeness (QED) is 0.255. The second-order valence-corrected chi connectivity index (χ2v) is 10.7. The van der Waals surface area contributed by atoms with Crippen LogP contribution in [0, 0.1) is 11.3 Å². The summed E-state index contributed by atoms with van der Waals surface area (Å²) < 4.78 is 37.9. The number of carbonyl (C=O) groups excluding carboxylic acids is 1. The third-order valence-electron chi connectivity index (χ3n) is 6.34. The van der Waals surface area contributed by atoms with Crippen LogP contribution in [0.3, 0.4) is 0 Å². The lowest BCUT2D eigenvalue weighted by atomic mass is 9.75. The molecule has 0 saturated heterocycles. The molecule has 196 valence electrons. The van der Waals surface area contributed by atoms with Crippen LogP contribution in [-0.2, 0) is 4.79 Å². The van der Waals surface area contributed by atoms with Gasteiger partial charge < -0.3 is 0 Å². The summed E-state index contributed by atoms with van der Waals surface area (Å²) in [4.78, 5) is 17.1. The number of aliphatic imine (C=N–C) groups is 1. The van der Waals surface area contributed by atoms with Gasteiger partial charge in [-0.3, -0.25) is 15.2 Å². The van der Waals surface area contributed by atoms with Gasteiger partial charge in [-0.05, 0) is 78.3 Å². The molecule has 37 heavy (non-hydrogen) atoms. The summed E-state index contributed by atoms with van der Waals surface area (Å²) >= 11 is 12.6. The van der Waals surface area contributed by atoms with Crippen LogP contribution in [-0.4, -0.2) is 23.2 Å². The van der Waals surface area contributed by atoms with Crippen LogP contribution < -0.4 is 0 Å². The molecule has 0 aromatic heterocycles. The Morgan fingerprint density at radius 1 is 1.19 bits per heavy atom. The number of rotatable bonds is 8. The first-order valence-corrected chi connectivity index (χ1v) is 13.4. The third kappa shape index (κ3) is 8.06. The summed E-state index contributed by atoms with van der Waals surface area (Å²) in [5, 5.41) is 9.63. The number of carbonyl (C=O) groups is 1. The standard InChI is InChI=1S/C28H27Cl2F3N2OS/c1-3-18-10-12-21(23-8-5-9-24(29)26(23)30)17(2)22(13-11-18)27(34)25(36)14-15-35-19-6-4-7-20(16-19)37-28(31,32)33/h4-9,11,13,15-17,21,34H,3,10,12,14H2,1-2H3/b18-11?,22-13+,34-27?,35-15?. The number of nitrogens with zero attached hydrogens (tertiary/aromatic N) is 1. The summed E-state index contributed by atoms with van der Waals surface area (Å²) in [5.74, 6) is -0.635. The SMILES string of the molecule is CCC1=C/C=C(/C(=N)C(=O)CC=Nc2cccc(SC(F)(F)F)c2)C(C)C(c2cccc(Cl)c2Cl)CC1. The Bertz CT molecular complexity index is 1250. The summed E-state index contributed by atoms with van der Waals surface area (Å²) in [6.07, 6.45) is 7.55. The van der Waals surface area contributed by atoms with E-state index in [1.165, 1.54) is 30.0 Å². The molecular formula is C28H27Cl2F3N2OS. The lowest BCUT2D eigenvalue weighted by molar-refractivity contribution is -0.111. The number of ketones is 1. The predicted octanol–water partition coefficient (Wildman–Crippen LogP) is 9.76. The van der Waals surface area contributed by atoms with Crippen molar-refractivity contribution in [3.63, 3.8) is 0 Å². The molecule has 3 nitrogen and oxygen atoms in total. The molecule has 1 N–H and O–H groups in total. The Labute approximate surface area is 229 Å². The van der Waals surface area contributed by atoms with Crippen molar-refractivity contribution in [1.82, 2.24) is 0 Å². The Hall–Kier alpha value is -2.35. The van der Waals surface area contributed by atoms with E-state index in [9.17, 15) is 18.0 Å². The Morgan fingerprint density at radius 2 is 1.92 bits per heavy atom. The van der Waals surface area contributed by atoms with Crippen molar-refractivity contribution in [2.45, 2.75) is 55.9 Å². The average molecular weight is 568 g/mol. The minimum atomic E-state index is -4.39. The minimum absolute atomic E-state index is 0.0129. The van der Waals surface area contributed by atoms with Crippen molar-refractivity contribution in [1.29, 1.82) is 5.41 Å². The van der Waals surface area contributed by atoms with E-state index < -0.39 is 11.3 Å². The zero-order valence-electron chi connectivity index (χ0n) is 20.4. The lowest BCUT2D eigenvalue weighted by Gasteiger charge is -2.29. The topological polar surface area (TPSA) is 53.3 Å². The molecule has 2 atom stereocenters. The van der Waals surface area contributed by atoms with E-state index in [0.717, 1.165) is 24.8 Å². The number of alkyl halides is 3. The zero-order valence-corrected chi connectivity index (χ0v) is 22.7. The summed E-state index contributed by atoms with van der Waals surface area (Å²) in [6.45, 7) is 4.05. The molecule has 1 aliphatic rings. The van der Waals surface area contributed by atoms with E-state index in [0.29, 0.717) is 21.3 Å². The van der Waals surface area contributed by atoms with Crippen LogP contribution in [0.2, 0.25) is 10.0 Å². The highest BCUT2D eigenvalue weighted by molar-refractivity contribution is 8.00. The molecule has 1 aliphatic carbocycles. The van der Waals surface area contributed by atoms with Crippen molar-refractivity contribution >= 4 is 58.4 Å². The molecule has 0 fully saturated rings. The molecular weight excluding hydrogens is 540 g/mol. The van der Waals surface area contributed by atoms with Gasteiger partial charge in [0.05, 0.1) is 15.7 Å². The monoisotopic (exact) mass is 566 g/mol. The second kappa shape index (κ2) is 12.9. The first kappa shape index (κ1) is 29.2. The predicted molar refractivity (Wildman–Crippen MR) is 148 cm³/mol. The third-order valence-corrected chi connectivity index (χ3v) is 7.89. The van der Waals surface area contributed by atoms with Crippen molar-refractivity contribution < 1.29 is 18.0 Å². The number of allylic oxidation sites excluding steroid dienone is 4. The zero-order chi connectivity index (χ0) is 27.2. The van der Waals surface area contributed by atoms with Gasteiger partial charge in [-0.25, -0.2) is 0 Å². The van der Waals surface area contributed by atoms with Gasteiger partial charge in [0.15, 0.2) is 5.78 Å². The fraction of sp³-hybridized carbons (Fsp3) is 0.321. The number of thioether (sulfide) groups is 1. The second-order valence-electron chi connectivity index (χ2n) is 8.74. The number of halogens is 5. The highest BCUT2D eigenvalue weighted by Crippen LogP contribution is 2.42. The number of nitrogens with one attached hydrogen (secondary N) is 1. The van der Waals surface area contributed by atoms with E-state index in [-0.39, 0.29) is 40.6 Å². The number of hydrogen-bond acceptors (Lipinski definition) is 4. The van der Waals surface area contributed by atoms with Gasteiger partial charge in [0.1, 0.15) is 5.71 Å². The fourth-order valence-corrected chi connectivity index (χ4v) is 5.39. The van der Waals surface area contributed by atoms with E-state index in [2.05, 4.69) is 11.9 Å². The summed E-state index contributed by atoms with van der Waals surface area (Å²) in [6, 6.07) is 11.2. The Balaban J connectivity index is 1.80. The molecule has 0 spiro atoms. The maximum absolute atomic E-state index is 13.0. The molecule has 2 aromatic carbocycles. The van der Waals surface area contributed by atoms with Gasteiger partial charge in [0.25, 0.3) is 0 Å². The van der Waals surface area contributed by atoms with Gasteiger partial charge in [-0.1, -0.05) is 73.0 Å². The Kier molecular flexibility index (Phi) is 10.2. The highest BCUT2D eigenvalue weighted by Gasteiger charge is 2.30. The molecule has 0 heterocycles. The van der Waals surface area contributed by atoms with Crippen LogP contribution >= 0.6 is 35.0 Å². The molecule has 0 aliphatic heterocycles. The van der Waals surface area contributed by atoms with Gasteiger partial charge in [-0.15, -0.1) is 0 Å². The molecule has 3 rings (SSSR count). The number of Topliss-reactive ketones (excluding diaryl/α,β-unsaturated/α-hetero) is 1. The van der Waals surface area contributed by atoms with Crippen molar-refractivity contribution in [3.8, 4) is 0 Å². The molecule has 0 bridgehead atoms. The van der Waals surface area contributed by atoms with Crippen molar-refractivity contribution in [3.05, 3.63) is 81.4 Å². The first-order chi connectivity index (χ1) is 17.5. The highest BCUT2D eigenvalue weighted by atomic mass is 35.5. The van der Waals surface area contributed by atoms with E-state index in [1.54, 1.807) is 12.1 Å². The van der Waals surface area contributed by atoms with Gasteiger partial charge >= 0.3 is 5.51 Å². The number of hydrogen-bond donors (Lipinski definition) is 1. The largest absolute Gasteiger partial charge is 0.446 e. The van der Waals surface area contributed by atoms with Crippen LogP contribution in [0.5, 0.6) is 0 Å². The van der Waals surface area contributed by atoms with Gasteiger partial charge in [-0.2, -0.15) is 13.2 Å². The van der Waals surface area contributed by atoms with Gasteiger partial charge in [0, 0.05) is 17.5 Å². The first-order valence-electron chi connectivity index (χ1n) is 11.8. The minimum Gasteiger partial charge on any atom is -0.297 e.